The lowest BCUT2D eigenvalue weighted by Crippen LogP contribution is -2.45. The number of nitrogens with two attached hydrogens (primary N) is 1. The zero-order valence-electron chi connectivity index (χ0n) is 20.2. The maximum atomic E-state index is 12.8. The molecule has 1 amide bonds. The fourth-order valence-corrected chi connectivity index (χ4v) is 4.05. The van der Waals surface area contributed by atoms with Gasteiger partial charge in [-0.25, -0.2) is 0 Å². The Bertz CT molecular complexity index is 1230. The number of halogens is 2. The van der Waals surface area contributed by atoms with E-state index in [1.165, 1.54) is 36.4 Å². The Balaban J connectivity index is 0.00000253. The number of phenols is 2. The number of ether oxygens (including phenoxy) is 1. The van der Waals surface area contributed by atoms with Crippen molar-refractivity contribution in [2.45, 2.75) is 25.3 Å². The van der Waals surface area contributed by atoms with Gasteiger partial charge in [0.2, 0.25) is 0 Å². The molecule has 2 aromatic carbocycles. The lowest BCUT2D eigenvalue weighted by atomic mass is 10.0. The van der Waals surface area contributed by atoms with E-state index >= 15 is 0 Å². The van der Waals surface area contributed by atoms with Crippen LogP contribution in [0.4, 0.5) is 5.69 Å². The number of nitro benzene ring substituents is 1. The average Bonchev–Trinajstić information content (AvgIpc) is 3.33. The van der Waals surface area contributed by atoms with E-state index in [0.29, 0.717) is 6.54 Å². The minimum absolute atomic E-state index is 0. The molecular weight excluding hydrogens is 541 g/mol. The van der Waals surface area contributed by atoms with Gasteiger partial charge in [-0.3, -0.25) is 14.9 Å². The van der Waals surface area contributed by atoms with E-state index in [0.717, 1.165) is 45.0 Å². The van der Waals surface area contributed by atoms with Gasteiger partial charge in [0.05, 0.1) is 4.92 Å². The predicted molar refractivity (Wildman–Crippen MR) is 144 cm³/mol. The summed E-state index contributed by atoms with van der Waals surface area (Å²) in [6.07, 6.45) is 2.57. The molecule has 1 saturated heterocycles. The van der Waals surface area contributed by atoms with Crippen molar-refractivity contribution in [2.75, 3.05) is 26.2 Å². The number of piperidine rings is 1. The maximum Gasteiger partial charge on any atom is 0.273 e. The van der Waals surface area contributed by atoms with Gasteiger partial charge in [-0.15, -0.1) is 24.8 Å². The molecule has 0 spiro atoms. The van der Waals surface area contributed by atoms with Gasteiger partial charge in [0.1, 0.15) is 28.6 Å². The molecule has 0 atom stereocenters. The van der Waals surface area contributed by atoms with Crippen LogP contribution in [0, 0.1) is 10.1 Å². The number of nitro groups is 1. The van der Waals surface area contributed by atoms with Gasteiger partial charge in [-0.1, -0.05) is 5.16 Å². The summed E-state index contributed by atoms with van der Waals surface area (Å²) in [6.45, 7) is 3.35. The third-order valence-corrected chi connectivity index (χ3v) is 5.93. The molecule has 0 unspecified atom stereocenters. The first-order chi connectivity index (χ1) is 17.3. The number of non-ortho nitro benzene ring substituents is 1. The second-order valence-corrected chi connectivity index (χ2v) is 8.50. The average molecular weight is 570 g/mol. The van der Waals surface area contributed by atoms with E-state index < -0.39 is 10.8 Å². The third kappa shape index (κ3) is 7.48. The van der Waals surface area contributed by atoms with Crippen LogP contribution in [0.5, 0.6) is 23.0 Å². The summed E-state index contributed by atoms with van der Waals surface area (Å²) in [5.74, 6) is -0.757. The summed E-state index contributed by atoms with van der Waals surface area (Å²) in [7, 11) is 0. The fourth-order valence-electron chi connectivity index (χ4n) is 4.05. The molecule has 0 aliphatic carbocycles. The Morgan fingerprint density at radius 3 is 2.50 bits per heavy atom. The van der Waals surface area contributed by atoms with Crippen molar-refractivity contribution in [1.29, 1.82) is 0 Å². The Labute approximate surface area is 230 Å². The van der Waals surface area contributed by atoms with Gasteiger partial charge in [0.25, 0.3) is 11.6 Å². The van der Waals surface area contributed by atoms with Crippen molar-refractivity contribution in [1.82, 2.24) is 15.4 Å². The molecule has 2 heterocycles. The zero-order chi connectivity index (χ0) is 25.7. The lowest BCUT2D eigenvalue weighted by molar-refractivity contribution is -0.384. The molecular formula is C24H29Cl2N5O7. The topological polar surface area (TPSA) is 177 Å². The quantitative estimate of drug-likeness (QED) is 0.218. The van der Waals surface area contributed by atoms with Crippen molar-refractivity contribution in [3.63, 3.8) is 0 Å². The second kappa shape index (κ2) is 13.8. The van der Waals surface area contributed by atoms with E-state index in [1.807, 2.05) is 0 Å². The smallest absolute Gasteiger partial charge is 0.273 e. The first-order valence-electron chi connectivity index (χ1n) is 11.5. The molecule has 1 aliphatic heterocycles. The van der Waals surface area contributed by atoms with Crippen molar-refractivity contribution < 1.29 is 29.2 Å². The van der Waals surface area contributed by atoms with Crippen LogP contribution in [0.15, 0.2) is 47.0 Å². The summed E-state index contributed by atoms with van der Waals surface area (Å²) in [5, 5.41) is 38.1. The number of benzene rings is 2. The van der Waals surface area contributed by atoms with Crippen LogP contribution in [0.2, 0.25) is 0 Å². The summed E-state index contributed by atoms with van der Waals surface area (Å²) in [4.78, 5) is 25.4. The minimum atomic E-state index is -0.540. The number of aromatic hydroxyl groups is 2. The van der Waals surface area contributed by atoms with E-state index in [2.05, 4.69) is 15.4 Å². The molecule has 0 bridgehead atoms. The predicted octanol–water partition coefficient (Wildman–Crippen LogP) is 3.84. The molecule has 12 nitrogen and oxygen atoms in total. The summed E-state index contributed by atoms with van der Waals surface area (Å²) < 4.78 is 11.1. The highest BCUT2D eigenvalue weighted by atomic mass is 35.5. The lowest BCUT2D eigenvalue weighted by Gasteiger charge is -2.32. The van der Waals surface area contributed by atoms with E-state index in [4.69, 9.17) is 15.0 Å². The molecule has 206 valence electrons. The standard InChI is InChI=1S/C24H27N5O7.2ClH/c25-8-1-9-28-10-6-15(7-11-28)26-24(32)19-14-22(36-27-19)23-20(31)12-17(30)13-21(23)35-18-4-2-16(3-5-18)29(33)34;;/h2-5,12-15,30-31H,1,6-11,25H2,(H,26,32);2*1H. The van der Waals surface area contributed by atoms with Crippen molar-refractivity contribution in [3.8, 4) is 34.3 Å². The first-order valence-corrected chi connectivity index (χ1v) is 11.5. The Morgan fingerprint density at radius 2 is 1.87 bits per heavy atom. The largest absolute Gasteiger partial charge is 0.508 e. The number of likely N-dealkylation sites (tertiary alicyclic amines) is 1. The monoisotopic (exact) mass is 569 g/mol. The maximum absolute atomic E-state index is 12.8. The Kier molecular flexibility index (Phi) is 11.1. The van der Waals surface area contributed by atoms with Crippen LogP contribution >= 0.6 is 24.8 Å². The van der Waals surface area contributed by atoms with Crippen LogP contribution in [0.1, 0.15) is 29.8 Å². The number of hydrogen-bond acceptors (Lipinski definition) is 10. The SMILES string of the molecule is Cl.Cl.NCCCN1CCC(NC(=O)c2cc(-c3c(O)cc(O)cc3Oc3ccc([N+](=O)[O-])cc3)on2)CC1. The number of aromatic nitrogens is 1. The van der Waals surface area contributed by atoms with E-state index in [1.54, 1.807) is 0 Å². The van der Waals surface area contributed by atoms with Crippen molar-refractivity contribution >= 4 is 36.4 Å². The van der Waals surface area contributed by atoms with Gasteiger partial charge in [0, 0.05) is 49.5 Å². The highest BCUT2D eigenvalue weighted by Crippen LogP contribution is 2.43. The molecule has 1 fully saturated rings. The molecule has 1 aliphatic rings. The van der Waals surface area contributed by atoms with Gasteiger partial charge in [-0.2, -0.15) is 0 Å². The molecule has 14 heteroatoms. The van der Waals surface area contributed by atoms with Gasteiger partial charge >= 0.3 is 0 Å². The summed E-state index contributed by atoms with van der Waals surface area (Å²) in [6, 6.07) is 9.01. The Morgan fingerprint density at radius 1 is 1.18 bits per heavy atom. The zero-order valence-corrected chi connectivity index (χ0v) is 21.9. The minimum Gasteiger partial charge on any atom is -0.508 e. The molecule has 38 heavy (non-hydrogen) atoms. The van der Waals surface area contributed by atoms with Crippen molar-refractivity contribution in [3.05, 3.63) is 58.3 Å². The normalized spacial score (nSPS) is 13.7. The molecule has 1 aromatic heterocycles. The summed E-state index contributed by atoms with van der Waals surface area (Å²) in [5.41, 5.74) is 5.54. The Hall–Kier alpha value is -3.58. The molecule has 3 aromatic rings. The van der Waals surface area contributed by atoms with Crippen LogP contribution in [-0.4, -0.2) is 63.3 Å². The second-order valence-electron chi connectivity index (χ2n) is 8.50. The number of nitrogens with zero attached hydrogens (tertiary/aromatic N) is 3. The highest BCUT2D eigenvalue weighted by Gasteiger charge is 2.25. The van der Waals surface area contributed by atoms with Gasteiger partial charge < -0.3 is 35.4 Å². The third-order valence-electron chi connectivity index (χ3n) is 5.93. The number of rotatable bonds is 9. The number of hydrogen-bond donors (Lipinski definition) is 4. The number of nitrogens with one attached hydrogen (secondary N) is 1. The molecule has 5 N–H and O–H groups in total. The van der Waals surface area contributed by atoms with E-state index in [9.17, 15) is 25.1 Å². The molecule has 0 radical (unpaired) electrons. The highest BCUT2D eigenvalue weighted by molar-refractivity contribution is 5.93. The van der Waals surface area contributed by atoms with Gasteiger partial charge in [-0.05, 0) is 44.5 Å². The first kappa shape index (κ1) is 30.6. The number of phenolic OH excluding ortho intramolecular Hbond substituents is 2. The number of carbonyl (C=O) groups is 1. The molecule has 0 saturated carbocycles. The van der Waals surface area contributed by atoms with Crippen LogP contribution < -0.4 is 15.8 Å². The van der Waals surface area contributed by atoms with Crippen LogP contribution in [-0.2, 0) is 0 Å². The number of carbonyl (C=O) groups excluding carboxylic acids is 1. The number of amides is 1. The molecule has 4 rings (SSSR count). The van der Waals surface area contributed by atoms with E-state index in [-0.39, 0.29) is 76.6 Å². The van der Waals surface area contributed by atoms with Crippen LogP contribution in [0.3, 0.4) is 0 Å². The van der Waals surface area contributed by atoms with Crippen LogP contribution in [0.25, 0.3) is 11.3 Å². The van der Waals surface area contributed by atoms with Crippen molar-refractivity contribution in [2.24, 2.45) is 5.73 Å². The summed E-state index contributed by atoms with van der Waals surface area (Å²) >= 11 is 0. The fraction of sp³-hybridized carbons (Fsp3) is 0.333. The van der Waals surface area contributed by atoms with Gasteiger partial charge in [0.15, 0.2) is 11.5 Å².